The first-order valence-electron chi connectivity index (χ1n) is 7.31. The molecule has 1 aromatic heterocycles. The number of nitrogens with zero attached hydrogens (tertiary/aromatic N) is 1. The van der Waals surface area contributed by atoms with Gasteiger partial charge in [0.15, 0.2) is 0 Å². The van der Waals surface area contributed by atoms with E-state index in [2.05, 4.69) is 22.1 Å². The average molecular weight is 333 g/mol. The van der Waals surface area contributed by atoms with E-state index in [0.717, 1.165) is 5.56 Å². The van der Waals surface area contributed by atoms with E-state index in [9.17, 15) is 4.79 Å². The van der Waals surface area contributed by atoms with Gasteiger partial charge in [-0.15, -0.1) is 0 Å². The smallest absolute Gasteiger partial charge is 0.255 e. The summed E-state index contributed by atoms with van der Waals surface area (Å²) >= 11 is 5.84. The largest absolute Gasteiger partial charge is 0.322 e. The van der Waals surface area contributed by atoms with Crippen LogP contribution in [0.3, 0.4) is 0 Å². The minimum absolute atomic E-state index is 0.196. The number of nitrogens with one attached hydrogen (secondary N) is 1. The molecule has 0 spiro atoms. The second-order valence-electron chi connectivity index (χ2n) is 5.01. The van der Waals surface area contributed by atoms with E-state index >= 15 is 0 Å². The second kappa shape index (κ2) is 7.45. The number of hydrogen-bond acceptors (Lipinski definition) is 2. The van der Waals surface area contributed by atoms with Gasteiger partial charge in [-0.05, 0) is 60.5 Å². The van der Waals surface area contributed by atoms with Crippen molar-refractivity contribution < 1.29 is 4.79 Å². The Bertz CT molecular complexity index is 910. The summed E-state index contributed by atoms with van der Waals surface area (Å²) in [6, 6.07) is 19.7. The Morgan fingerprint density at radius 3 is 2.54 bits per heavy atom. The molecule has 4 heteroatoms. The molecule has 0 radical (unpaired) electrons. The minimum atomic E-state index is -0.196. The molecule has 1 N–H and O–H groups in total. The van der Waals surface area contributed by atoms with Gasteiger partial charge in [0.25, 0.3) is 5.91 Å². The Kier molecular flexibility index (Phi) is 4.90. The van der Waals surface area contributed by atoms with Gasteiger partial charge in [-0.3, -0.25) is 4.79 Å². The number of amides is 1. The van der Waals surface area contributed by atoms with E-state index < -0.39 is 0 Å². The molecule has 0 fully saturated rings. The molecule has 1 heterocycles. The van der Waals surface area contributed by atoms with Gasteiger partial charge in [0.1, 0.15) is 5.69 Å². The summed E-state index contributed by atoms with van der Waals surface area (Å²) in [4.78, 5) is 16.5. The van der Waals surface area contributed by atoms with Gasteiger partial charge in [-0.25, -0.2) is 4.98 Å². The lowest BCUT2D eigenvalue weighted by molar-refractivity contribution is 0.102. The number of pyridine rings is 1. The van der Waals surface area contributed by atoms with Crippen LogP contribution in [0.4, 0.5) is 5.69 Å². The first-order chi connectivity index (χ1) is 11.7. The Morgan fingerprint density at radius 2 is 1.79 bits per heavy atom. The summed E-state index contributed by atoms with van der Waals surface area (Å²) in [6.07, 6.45) is 1.69. The highest BCUT2D eigenvalue weighted by atomic mass is 35.5. The van der Waals surface area contributed by atoms with Crippen molar-refractivity contribution in [3.8, 4) is 11.8 Å². The lowest BCUT2D eigenvalue weighted by Crippen LogP contribution is -2.11. The molecular weight excluding hydrogens is 320 g/mol. The molecule has 0 aliphatic rings. The van der Waals surface area contributed by atoms with E-state index in [1.54, 1.807) is 48.7 Å². The van der Waals surface area contributed by atoms with Gasteiger partial charge in [0.2, 0.25) is 0 Å². The van der Waals surface area contributed by atoms with Crippen molar-refractivity contribution in [2.75, 3.05) is 5.32 Å². The van der Waals surface area contributed by atoms with E-state index in [4.69, 9.17) is 11.6 Å². The average Bonchev–Trinajstić information content (AvgIpc) is 2.63. The van der Waals surface area contributed by atoms with Gasteiger partial charge in [-0.2, -0.15) is 0 Å². The number of rotatable bonds is 2. The van der Waals surface area contributed by atoms with Crippen LogP contribution in [0, 0.1) is 11.8 Å². The van der Waals surface area contributed by atoms with Crippen LogP contribution in [0.25, 0.3) is 0 Å². The number of anilines is 1. The maximum atomic E-state index is 12.3. The fourth-order valence-corrected chi connectivity index (χ4v) is 2.17. The molecule has 0 saturated carbocycles. The van der Waals surface area contributed by atoms with Gasteiger partial charge < -0.3 is 5.32 Å². The first kappa shape index (κ1) is 15.8. The Labute approximate surface area is 145 Å². The third-order valence-corrected chi connectivity index (χ3v) is 3.48. The van der Waals surface area contributed by atoms with Gasteiger partial charge >= 0.3 is 0 Å². The van der Waals surface area contributed by atoms with Crippen molar-refractivity contribution in [3.05, 3.63) is 94.8 Å². The fourth-order valence-electron chi connectivity index (χ4n) is 2.05. The number of benzene rings is 2. The van der Waals surface area contributed by atoms with E-state index in [1.165, 1.54) is 0 Å². The predicted octanol–water partition coefficient (Wildman–Crippen LogP) is 4.39. The molecule has 0 unspecified atom stereocenters. The second-order valence-corrected chi connectivity index (χ2v) is 5.44. The highest BCUT2D eigenvalue weighted by Gasteiger charge is 2.06. The molecule has 0 saturated heterocycles. The summed E-state index contributed by atoms with van der Waals surface area (Å²) in [5, 5.41) is 3.45. The van der Waals surface area contributed by atoms with Crippen LogP contribution in [-0.4, -0.2) is 10.9 Å². The van der Waals surface area contributed by atoms with Crippen molar-refractivity contribution >= 4 is 23.2 Å². The molecule has 24 heavy (non-hydrogen) atoms. The summed E-state index contributed by atoms with van der Waals surface area (Å²) in [5.74, 6) is 5.80. The molecule has 116 valence electrons. The standard InChI is InChI=1S/C20H13ClN2O/c21-17-8-11-19(12-9-17)23-20(24)16-5-3-4-15(14-16)7-10-18-6-1-2-13-22-18/h1-6,8-9,11-14H,(H,23,24). The van der Waals surface area contributed by atoms with Crippen LogP contribution in [0.5, 0.6) is 0 Å². The highest BCUT2D eigenvalue weighted by Crippen LogP contribution is 2.15. The summed E-state index contributed by atoms with van der Waals surface area (Å²) in [7, 11) is 0. The maximum Gasteiger partial charge on any atom is 0.255 e. The topological polar surface area (TPSA) is 42.0 Å². The number of aromatic nitrogens is 1. The summed E-state index contributed by atoms with van der Waals surface area (Å²) in [5.41, 5.74) is 2.67. The van der Waals surface area contributed by atoms with E-state index in [-0.39, 0.29) is 5.91 Å². The molecule has 0 aliphatic heterocycles. The number of carbonyl (C=O) groups is 1. The number of halogens is 1. The third kappa shape index (κ3) is 4.22. The molecule has 3 rings (SSSR count). The fraction of sp³-hybridized carbons (Fsp3) is 0. The molecular formula is C20H13ClN2O. The van der Waals surface area contributed by atoms with E-state index in [0.29, 0.717) is 22.0 Å². The van der Waals surface area contributed by atoms with Crippen LogP contribution in [-0.2, 0) is 0 Å². The van der Waals surface area contributed by atoms with Gasteiger partial charge in [-0.1, -0.05) is 29.7 Å². The zero-order valence-corrected chi connectivity index (χ0v) is 13.4. The monoisotopic (exact) mass is 332 g/mol. The maximum absolute atomic E-state index is 12.3. The van der Waals surface area contributed by atoms with Gasteiger partial charge in [0.05, 0.1) is 0 Å². The zero-order chi connectivity index (χ0) is 16.8. The van der Waals surface area contributed by atoms with Crippen molar-refractivity contribution in [1.29, 1.82) is 0 Å². The highest BCUT2D eigenvalue weighted by molar-refractivity contribution is 6.30. The van der Waals surface area contributed by atoms with Crippen LogP contribution in [0.2, 0.25) is 5.02 Å². The van der Waals surface area contributed by atoms with Crippen molar-refractivity contribution in [3.63, 3.8) is 0 Å². The van der Waals surface area contributed by atoms with E-state index in [1.807, 2.05) is 24.3 Å². The molecule has 2 aromatic carbocycles. The van der Waals surface area contributed by atoms with Crippen LogP contribution in [0.15, 0.2) is 72.9 Å². The molecule has 3 nitrogen and oxygen atoms in total. The quantitative estimate of drug-likeness (QED) is 0.707. The number of carbonyl (C=O) groups excluding carboxylic acids is 1. The molecule has 3 aromatic rings. The van der Waals surface area contributed by atoms with Crippen LogP contribution < -0.4 is 5.32 Å². The van der Waals surface area contributed by atoms with Gasteiger partial charge in [0, 0.05) is 28.0 Å². The number of hydrogen-bond donors (Lipinski definition) is 1. The van der Waals surface area contributed by atoms with Crippen molar-refractivity contribution in [1.82, 2.24) is 4.98 Å². The molecule has 0 aliphatic carbocycles. The SMILES string of the molecule is O=C(Nc1ccc(Cl)cc1)c1cccc(C#Cc2ccccn2)c1. The normalized spacial score (nSPS) is 9.71. The third-order valence-electron chi connectivity index (χ3n) is 3.23. The van der Waals surface area contributed by atoms with Crippen molar-refractivity contribution in [2.45, 2.75) is 0 Å². The Balaban J connectivity index is 1.76. The minimum Gasteiger partial charge on any atom is -0.322 e. The first-order valence-corrected chi connectivity index (χ1v) is 7.68. The van der Waals surface area contributed by atoms with Crippen LogP contribution in [0.1, 0.15) is 21.6 Å². The molecule has 1 amide bonds. The lowest BCUT2D eigenvalue weighted by atomic mass is 10.1. The molecule has 0 atom stereocenters. The predicted molar refractivity (Wildman–Crippen MR) is 96.1 cm³/mol. The van der Waals surface area contributed by atoms with Crippen LogP contribution >= 0.6 is 11.6 Å². The Hall–Kier alpha value is -3.09. The molecule has 0 bridgehead atoms. The summed E-state index contributed by atoms with van der Waals surface area (Å²) < 4.78 is 0. The Morgan fingerprint density at radius 1 is 0.958 bits per heavy atom. The lowest BCUT2D eigenvalue weighted by Gasteiger charge is -2.05. The zero-order valence-electron chi connectivity index (χ0n) is 12.7. The van der Waals surface area contributed by atoms with Crippen molar-refractivity contribution in [2.24, 2.45) is 0 Å². The summed E-state index contributed by atoms with van der Waals surface area (Å²) in [6.45, 7) is 0.